The van der Waals surface area contributed by atoms with Crippen LogP contribution in [0.25, 0.3) is 0 Å². The van der Waals surface area contributed by atoms with Gasteiger partial charge < -0.3 is 11.1 Å². The van der Waals surface area contributed by atoms with E-state index in [1.165, 1.54) is 5.56 Å². The van der Waals surface area contributed by atoms with Crippen LogP contribution in [0.3, 0.4) is 0 Å². The lowest BCUT2D eigenvalue weighted by Gasteiger charge is -2.19. The predicted octanol–water partition coefficient (Wildman–Crippen LogP) is 2.43. The number of nitrogens with one attached hydrogen (secondary N) is 1. The van der Waals surface area contributed by atoms with E-state index in [0.717, 1.165) is 5.69 Å². The van der Waals surface area contributed by atoms with Gasteiger partial charge in [-0.1, -0.05) is 39.8 Å². The van der Waals surface area contributed by atoms with Crippen molar-refractivity contribution in [3.05, 3.63) is 29.8 Å². The molecule has 1 unspecified atom stereocenters. The van der Waals surface area contributed by atoms with E-state index < -0.39 is 11.8 Å². The van der Waals surface area contributed by atoms with Gasteiger partial charge in [0.2, 0.25) is 11.8 Å². The summed E-state index contributed by atoms with van der Waals surface area (Å²) in [6.07, 6.45) is 0.107. The molecule has 104 valence electrons. The lowest BCUT2D eigenvalue weighted by Crippen LogP contribution is -2.25. The van der Waals surface area contributed by atoms with Crippen LogP contribution in [-0.2, 0) is 15.0 Å². The van der Waals surface area contributed by atoms with E-state index in [1.54, 1.807) is 6.92 Å². The van der Waals surface area contributed by atoms with Crippen molar-refractivity contribution in [2.45, 2.75) is 39.5 Å². The van der Waals surface area contributed by atoms with Crippen molar-refractivity contribution in [2.75, 3.05) is 5.32 Å². The van der Waals surface area contributed by atoms with Crippen LogP contribution in [0.5, 0.6) is 0 Å². The van der Waals surface area contributed by atoms with Crippen LogP contribution in [0.2, 0.25) is 0 Å². The van der Waals surface area contributed by atoms with Gasteiger partial charge in [0.25, 0.3) is 0 Å². The Balaban J connectivity index is 2.63. The summed E-state index contributed by atoms with van der Waals surface area (Å²) < 4.78 is 0. The molecule has 3 N–H and O–H groups in total. The minimum Gasteiger partial charge on any atom is -0.369 e. The fourth-order valence-corrected chi connectivity index (χ4v) is 1.64. The van der Waals surface area contributed by atoms with E-state index in [4.69, 9.17) is 5.73 Å². The van der Waals surface area contributed by atoms with E-state index in [1.807, 2.05) is 24.3 Å². The van der Waals surface area contributed by atoms with E-state index in [-0.39, 0.29) is 17.7 Å². The van der Waals surface area contributed by atoms with Crippen molar-refractivity contribution in [3.8, 4) is 0 Å². The van der Waals surface area contributed by atoms with Crippen molar-refractivity contribution >= 4 is 17.5 Å². The molecular weight excluding hydrogens is 240 g/mol. The molecule has 0 aliphatic carbocycles. The highest BCUT2D eigenvalue weighted by molar-refractivity contribution is 5.93. The number of primary amides is 1. The molecule has 4 nitrogen and oxygen atoms in total. The van der Waals surface area contributed by atoms with Crippen LogP contribution < -0.4 is 11.1 Å². The van der Waals surface area contributed by atoms with Crippen LogP contribution in [0.1, 0.15) is 39.7 Å². The first-order chi connectivity index (χ1) is 8.70. The number of anilines is 1. The summed E-state index contributed by atoms with van der Waals surface area (Å²) in [5.41, 5.74) is 7.15. The Morgan fingerprint density at radius 3 is 2.16 bits per heavy atom. The van der Waals surface area contributed by atoms with Gasteiger partial charge in [0, 0.05) is 18.0 Å². The van der Waals surface area contributed by atoms with Gasteiger partial charge in [0.1, 0.15) is 0 Å². The molecule has 1 atom stereocenters. The van der Waals surface area contributed by atoms with Gasteiger partial charge >= 0.3 is 0 Å². The summed E-state index contributed by atoms with van der Waals surface area (Å²) in [6, 6.07) is 7.72. The Morgan fingerprint density at radius 1 is 1.21 bits per heavy atom. The molecule has 0 spiro atoms. The van der Waals surface area contributed by atoms with Crippen molar-refractivity contribution in [2.24, 2.45) is 11.7 Å². The maximum absolute atomic E-state index is 11.7. The summed E-state index contributed by atoms with van der Waals surface area (Å²) in [4.78, 5) is 22.6. The molecular formula is C15H22N2O2. The van der Waals surface area contributed by atoms with Crippen LogP contribution >= 0.6 is 0 Å². The van der Waals surface area contributed by atoms with Gasteiger partial charge in [-0.25, -0.2) is 0 Å². The van der Waals surface area contributed by atoms with Crippen molar-refractivity contribution in [1.82, 2.24) is 0 Å². The molecule has 0 fully saturated rings. The minimum absolute atomic E-state index is 0.0863. The summed E-state index contributed by atoms with van der Waals surface area (Å²) >= 11 is 0. The maximum Gasteiger partial charge on any atom is 0.225 e. The Bertz CT molecular complexity index is 458. The number of hydrogen-bond donors (Lipinski definition) is 2. The molecule has 0 heterocycles. The highest BCUT2D eigenvalue weighted by Crippen LogP contribution is 2.23. The predicted molar refractivity (Wildman–Crippen MR) is 76.7 cm³/mol. The average molecular weight is 262 g/mol. The normalized spacial score (nSPS) is 12.8. The summed E-state index contributed by atoms with van der Waals surface area (Å²) in [6.45, 7) is 8.05. The van der Waals surface area contributed by atoms with E-state index in [2.05, 4.69) is 26.1 Å². The topological polar surface area (TPSA) is 72.2 Å². The third-order valence-corrected chi connectivity index (χ3v) is 3.01. The Kier molecular flexibility index (Phi) is 4.70. The highest BCUT2D eigenvalue weighted by Gasteiger charge is 2.15. The first-order valence-corrected chi connectivity index (χ1v) is 6.40. The maximum atomic E-state index is 11.7. The second-order valence-corrected chi connectivity index (χ2v) is 5.88. The van der Waals surface area contributed by atoms with Crippen molar-refractivity contribution in [1.29, 1.82) is 0 Å². The van der Waals surface area contributed by atoms with Gasteiger partial charge in [-0.05, 0) is 23.1 Å². The molecule has 19 heavy (non-hydrogen) atoms. The zero-order valence-electron chi connectivity index (χ0n) is 12.0. The first-order valence-electron chi connectivity index (χ1n) is 6.40. The molecule has 1 aromatic rings. The van der Waals surface area contributed by atoms with E-state index >= 15 is 0 Å². The molecule has 1 aromatic carbocycles. The van der Waals surface area contributed by atoms with Crippen LogP contribution in [0, 0.1) is 5.92 Å². The van der Waals surface area contributed by atoms with Crippen molar-refractivity contribution < 1.29 is 9.59 Å². The number of hydrogen-bond acceptors (Lipinski definition) is 2. The number of rotatable bonds is 4. The smallest absolute Gasteiger partial charge is 0.225 e. The lowest BCUT2D eigenvalue weighted by molar-refractivity contribution is -0.125. The minimum atomic E-state index is -0.460. The summed E-state index contributed by atoms with van der Waals surface area (Å²) in [5, 5.41) is 2.76. The molecule has 1 rings (SSSR count). The van der Waals surface area contributed by atoms with Crippen LogP contribution in [0.4, 0.5) is 5.69 Å². The second-order valence-electron chi connectivity index (χ2n) is 5.88. The highest BCUT2D eigenvalue weighted by atomic mass is 16.2. The number of carbonyl (C=O) groups excluding carboxylic acids is 2. The SMILES string of the molecule is CC(CC(=O)Nc1ccc(C(C)(C)C)cc1)C(N)=O. The van der Waals surface area contributed by atoms with Gasteiger partial charge in [-0.2, -0.15) is 0 Å². The standard InChI is InChI=1S/C15H22N2O2/c1-10(14(16)19)9-13(18)17-12-7-5-11(6-8-12)15(2,3)4/h5-8,10H,9H2,1-4H3,(H2,16,19)(H,17,18). The van der Waals surface area contributed by atoms with Gasteiger partial charge in [-0.15, -0.1) is 0 Å². The number of carbonyl (C=O) groups is 2. The van der Waals surface area contributed by atoms with E-state index in [0.29, 0.717) is 0 Å². The zero-order valence-corrected chi connectivity index (χ0v) is 12.0. The Morgan fingerprint density at radius 2 is 1.74 bits per heavy atom. The molecule has 0 saturated heterocycles. The molecule has 0 aromatic heterocycles. The third kappa shape index (κ3) is 4.73. The van der Waals surface area contributed by atoms with Gasteiger partial charge in [-0.3, -0.25) is 9.59 Å². The monoisotopic (exact) mass is 262 g/mol. The van der Waals surface area contributed by atoms with Gasteiger partial charge in [0.05, 0.1) is 0 Å². The zero-order chi connectivity index (χ0) is 14.6. The van der Waals surface area contributed by atoms with E-state index in [9.17, 15) is 9.59 Å². The van der Waals surface area contributed by atoms with Gasteiger partial charge in [0.15, 0.2) is 0 Å². The molecule has 0 aliphatic heterocycles. The second kappa shape index (κ2) is 5.87. The number of nitrogens with two attached hydrogens (primary N) is 1. The van der Waals surface area contributed by atoms with Crippen LogP contribution in [0.15, 0.2) is 24.3 Å². The first kappa shape index (κ1) is 15.2. The number of benzene rings is 1. The molecule has 4 heteroatoms. The molecule has 2 amide bonds. The number of amides is 2. The third-order valence-electron chi connectivity index (χ3n) is 3.01. The van der Waals surface area contributed by atoms with Crippen LogP contribution in [-0.4, -0.2) is 11.8 Å². The summed E-state index contributed by atoms with van der Waals surface area (Å²) in [5.74, 6) is -1.11. The lowest BCUT2D eigenvalue weighted by atomic mass is 9.87. The molecule has 0 bridgehead atoms. The fourth-order valence-electron chi connectivity index (χ4n) is 1.64. The summed E-state index contributed by atoms with van der Waals surface area (Å²) in [7, 11) is 0. The van der Waals surface area contributed by atoms with Crippen molar-refractivity contribution in [3.63, 3.8) is 0 Å². The Hall–Kier alpha value is -1.84. The average Bonchev–Trinajstić information content (AvgIpc) is 2.28. The largest absolute Gasteiger partial charge is 0.369 e. The molecule has 0 saturated carbocycles. The molecule has 0 aliphatic rings. The fraction of sp³-hybridized carbons (Fsp3) is 0.467. The molecule has 0 radical (unpaired) electrons. The Labute approximate surface area is 114 Å². The quantitative estimate of drug-likeness (QED) is 0.874.